The van der Waals surface area contributed by atoms with Crippen LogP contribution in [0.3, 0.4) is 0 Å². The van der Waals surface area contributed by atoms with Crippen LogP contribution in [0.25, 0.3) is 5.69 Å². The number of halogens is 1. The van der Waals surface area contributed by atoms with Crippen molar-refractivity contribution in [3.8, 4) is 5.69 Å². The first kappa shape index (κ1) is 24.4. The Morgan fingerprint density at radius 2 is 1.79 bits per heavy atom. The van der Waals surface area contributed by atoms with Crippen LogP contribution in [0.15, 0.2) is 53.4 Å². The van der Waals surface area contributed by atoms with Crippen molar-refractivity contribution in [2.75, 3.05) is 18.4 Å². The summed E-state index contributed by atoms with van der Waals surface area (Å²) in [5.74, 6) is -0.334. The average Bonchev–Trinajstić information content (AvgIpc) is 3.14. The first-order valence-electron chi connectivity index (χ1n) is 10.0. The molecule has 0 aliphatic rings. The van der Waals surface area contributed by atoms with Gasteiger partial charge in [0.05, 0.1) is 31.8 Å². The molecule has 10 nitrogen and oxygen atoms in total. The highest BCUT2D eigenvalue weighted by molar-refractivity contribution is 7.89. The van der Waals surface area contributed by atoms with Gasteiger partial charge in [-0.1, -0.05) is 25.4 Å². The van der Waals surface area contributed by atoms with E-state index in [9.17, 15) is 23.3 Å². The first-order valence-corrected chi connectivity index (χ1v) is 11.8. The topological polar surface area (TPSA) is 127 Å². The zero-order valence-corrected chi connectivity index (χ0v) is 19.7. The molecule has 1 amide bonds. The molecule has 1 N–H and O–H groups in total. The molecule has 33 heavy (non-hydrogen) atoms. The number of aromatic nitrogens is 2. The number of non-ortho nitro benzene ring substituents is 1. The Morgan fingerprint density at radius 1 is 1.15 bits per heavy atom. The molecule has 1 heterocycles. The SMILES string of the molecule is CCN(CC)S(=O)(=O)c1ccc(Cl)c(C(=O)Nc2cc(C)nn2-c2ccc([N+](=O)[O-])cc2)c1. The van der Waals surface area contributed by atoms with Gasteiger partial charge in [-0.15, -0.1) is 0 Å². The molecule has 0 radical (unpaired) electrons. The highest BCUT2D eigenvalue weighted by Gasteiger charge is 2.24. The molecular formula is C21H22ClN5O5S. The maximum atomic E-state index is 13.0. The fourth-order valence-corrected chi connectivity index (χ4v) is 4.92. The molecule has 2 aromatic carbocycles. The number of anilines is 1. The molecule has 174 valence electrons. The summed E-state index contributed by atoms with van der Waals surface area (Å²) in [6.07, 6.45) is 0. The third-order valence-corrected chi connectivity index (χ3v) is 7.28. The molecule has 1 aromatic heterocycles. The molecular weight excluding hydrogens is 470 g/mol. The van der Waals surface area contributed by atoms with Gasteiger partial charge in [-0.3, -0.25) is 14.9 Å². The summed E-state index contributed by atoms with van der Waals surface area (Å²) in [6.45, 7) is 5.76. The number of aryl methyl sites for hydroxylation is 1. The number of nitro groups is 1. The van der Waals surface area contributed by atoms with Gasteiger partial charge in [0, 0.05) is 31.3 Å². The van der Waals surface area contributed by atoms with Crippen LogP contribution >= 0.6 is 11.6 Å². The van der Waals surface area contributed by atoms with Crippen LogP contribution in [-0.4, -0.2) is 46.4 Å². The average molecular weight is 492 g/mol. The molecule has 0 spiro atoms. The number of hydrogen-bond acceptors (Lipinski definition) is 6. The lowest BCUT2D eigenvalue weighted by molar-refractivity contribution is -0.384. The number of carbonyl (C=O) groups is 1. The molecule has 3 aromatic rings. The number of nitro benzene ring substituents is 1. The Morgan fingerprint density at radius 3 is 2.36 bits per heavy atom. The Labute approximate surface area is 196 Å². The number of amides is 1. The van der Waals surface area contributed by atoms with Crippen molar-refractivity contribution in [2.45, 2.75) is 25.7 Å². The number of carbonyl (C=O) groups excluding carboxylic acids is 1. The molecule has 12 heteroatoms. The third-order valence-electron chi connectivity index (χ3n) is 4.90. The second-order valence-electron chi connectivity index (χ2n) is 7.04. The summed E-state index contributed by atoms with van der Waals surface area (Å²) < 4.78 is 28.4. The number of rotatable bonds is 8. The van der Waals surface area contributed by atoms with E-state index >= 15 is 0 Å². The number of sulfonamides is 1. The van der Waals surface area contributed by atoms with Gasteiger partial charge in [-0.2, -0.15) is 9.40 Å². The van der Waals surface area contributed by atoms with Gasteiger partial charge in [0.25, 0.3) is 11.6 Å². The quantitative estimate of drug-likeness (QED) is 0.374. The minimum absolute atomic E-state index is 0.0148. The van der Waals surface area contributed by atoms with Gasteiger partial charge >= 0.3 is 0 Å². The van der Waals surface area contributed by atoms with Crippen LogP contribution in [0.5, 0.6) is 0 Å². The largest absolute Gasteiger partial charge is 0.306 e. The highest BCUT2D eigenvalue weighted by atomic mass is 35.5. The van der Waals surface area contributed by atoms with E-state index in [0.717, 1.165) is 0 Å². The summed E-state index contributed by atoms with van der Waals surface area (Å²) in [5.41, 5.74) is 0.991. The summed E-state index contributed by atoms with van der Waals surface area (Å²) >= 11 is 6.21. The summed E-state index contributed by atoms with van der Waals surface area (Å²) in [5, 5.41) is 18.0. The number of hydrogen-bond donors (Lipinski definition) is 1. The van der Waals surface area contributed by atoms with Crippen LogP contribution in [0.2, 0.25) is 5.02 Å². The Bertz CT molecular complexity index is 1300. The van der Waals surface area contributed by atoms with Crippen molar-refractivity contribution in [3.05, 3.63) is 74.9 Å². The van der Waals surface area contributed by atoms with Gasteiger partial charge in [0.1, 0.15) is 5.82 Å². The zero-order chi connectivity index (χ0) is 24.3. The van der Waals surface area contributed by atoms with Crippen molar-refractivity contribution >= 4 is 39.0 Å². The van der Waals surface area contributed by atoms with E-state index in [0.29, 0.717) is 17.2 Å². The lowest BCUT2D eigenvalue weighted by atomic mass is 10.2. The van der Waals surface area contributed by atoms with Crippen molar-refractivity contribution in [3.63, 3.8) is 0 Å². The highest BCUT2D eigenvalue weighted by Crippen LogP contribution is 2.25. The van der Waals surface area contributed by atoms with E-state index in [-0.39, 0.29) is 34.3 Å². The molecule has 0 fully saturated rings. The zero-order valence-electron chi connectivity index (χ0n) is 18.1. The monoisotopic (exact) mass is 491 g/mol. The van der Waals surface area contributed by atoms with E-state index in [1.165, 1.54) is 51.5 Å². The molecule has 0 saturated carbocycles. The van der Waals surface area contributed by atoms with Gasteiger partial charge in [-0.25, -0.2) is 13.1 Å². The summed E-state index contributed by atoms with van der Waals surface area (Å²) in [7, 11) is -3.78. The minimum Gasteiger partial charge on any atom is -0.306 e. The fourth-order valence-electron chi connectivity index (χ4n) is 3.24. The molecule has 0 bridgehead atoms. The van der Waals surface area contributed by atoms with E-state index in [1.54, 1.807) is 26.8 Å². The number of nitrogens with zero attached hydrogens (tertiary/aromatic N) is 4. The van der Waals surface area contributed by atoms with Crippen molar-refractivity contribution in [2.24, 2.45) is 0 Å². The number of benzene rings is 2. The van der Waals surface area contributed by atoms with E-state index in [2.05, 4.69) is 10.4 Å². The van der Waals surface area contributed by atoms with Gasteiger partial charge in [0.15, 0.2) is 0 Å². The van der Waals surface area contributed by atoms with E-state index in [4.69, 9.17) is 11.6 Å². The molecule has 0 atom stereocenters. The lowest BCUT2D eigenvalue weighted by Gasteiger charge is -2.19. The molecule has 0 aliphatic heterocycles. The van der Waals surface area contributed by atoms with Crippen molar-refractivity contribution < 1.29 is 18.1 Å². The fraction of sp³-hybridized carbons (Fsp3) is 0.238. The lowest BCUT2D eigenvalue weighted by Crippen LogP contribution is -2.30. The molecule has 0 unspecified atom stereocenters. The van der Waals surface area contributed by atoms with Crippen molar-refractivity contribution in [1.82, 2.24) is 14.1 Å². The van der Waals surface area contributed by atoms with Crippen LogP contribution in [0, 0.1) is 17.0 Å². The second kappa shape index (κ2) is 9.69. The van der Waals surface area contributed by atoms with Crippen LogP contribution < -0.4 is 5.32 Å². The third kappa shape index (κ3) is 5.05. The van der Waals surface area contributed by atoms with Crippen LogP contribution in [-0.2, 0) is 10.0 Å². The predicted octanol–water partition coefficient (Wildman–Crippen LogP) is 4.03. The summed E-state index contributed by atoms with van der Waals surface area (Å²) in [4.78, 5) is 23.4. The predicted molar refractivity (Wildman–Crippen MR) is 124 cm³/mol. The van der Waals surface area contributed by atoms with Crippen LogP contribution in [0.4, 0.5) is 11.5 Å². The standard InChI is InChI=1S/C21H22ClN5O5S/c1-4-25(5-2)33(31,32)17-10-11-19(22)18(13-17)21(28)23-20-12-14(3)24-26(20)15-6-8-16(9-7-15)27(29)30/h6-13H,4-5H2,1-3H3,(H,23,28). The van der Waals surface area contributed by atoms with Gasteiger partial charge < -0.3 is 5.32 Å². The maximum absolute atomic E-state index is 13.0. The second-order valence-corrected chi connectivity index (χ2v) is 9.39. The molecule has 3 rings (SSSR count). The maximum Gasteiger partial charge on any atom is 0.269 e. The number of nitrogens with one attached hydrogen (secondary N) is 1. The first-order chi connectivity index (χ1) is 15.6. The van der Waals surface area contributed by atoms with E-state index < -0.39 is 20.9 Å². The smallest absolute Gasteiger partial charge is 0.269 e. The van der Waals surface area contributed by atoms with Crippen molar-refractivity contribution in [1.29, 1.82) is 0 Å². The minimum atomic E-state index is -3.78. The Hall–Kier alpha value is -3.28. The van der Waals surface area contributed by atoms with E-state index in [1.807, 2.05) is 0 Å². The normalized spacial score (nSPS) is 11.5. The molecule has 0 saturated heterocycles. The summed E-state index contributed by atoms with van der Waals surface area (Å²) in [6, 6.07) is 11.2. The molecule has 0 aliphatic carbocycles. The Kier molecular flexibility index (Phi) is 7.15. The Balaban J connectivity index is 1.95. The van der Waals surface area contributed by atoms with Gasteiger partial charge in [0.2, 0.25) is 10.0 Å². The van der Waals surface area contributed by atoms with Gasteiger partial charge in [-0.05, 0) is 37.3 Å². The van der Waals surface area contributed by atoms with Crippen LogP contribution in [0.1, 0.15) is 29.9 Å².